The van der Waals surface area contributed by atoms with Crippen molar-refractivity contribution in [3.05, 3.63) is 60.0 Å². The Hall–Kier alpha value is -2.82. The van der Waals surface area contributed by atoms with Crippen molar-refractivity contribution < 1.29 is 4.79 Å². The van der Waals surface area contributed by atoms with Crippen LogP contribution < -0.4 is 10.2 Å². The molecule has 0 spiro atoms. The number of benzene rings is 1. The van der Waals surface area contributed by atoms with Crippen LogP contribution in [0.1, 0.15) is 28.9 Å². The van der Waals surface area contributed by atoms with Crippen molar-refractivity contribution in [3.8, 4) is 0 Å². The molecule has 1 amide bonds. The van der Waals surface area contributed by atoms with Crippen LogP contribution in [-0.4, -0.2) is 28.4 Å². The molecule has 5 heteroatoms. The van der Waals surface area contributed by atoms with Crippen LogP contribution in [0.3, 0.4) is 0 Å². The second kappa shape index (κ2) is 6.00. The van der Waals surface area contributed by atoms with Gasteiger partial charge in [-0.15, -0.1) is 0 Å². The molecule has 1 aliphatic rings. The number of fused-ring (bicyclic) bond motifs is 1. The lowest BCUT2D eigenvalue weighted by Gasteiger charge is -2.17. The molecule has 1 saturated heterocycles. The third-order valence-electron chi connectivity index (χ3n) is 4.44. The van der Waals surface area contributed by atoms with Gasteiger partial charge in [0.1, 0.15) is 11.3 Å². The van der Waals surface area contributed by atoms with Gasteiger partial charge in [0, 0.05) is 36.9 Å². The topological polar surface area (TPSA) is 49.6 Å². The number of hydrogen-bond acceptors (Lipinski definition) is 3. The average molecular weight is 320 g/mol. The van der Waals surface area contributed by atoms with E-state index < -0.39 is 0 Å². The summed E-state index contributed by atoms with van der Waals surface area (Å²) in [7, 11) is 0. The largest absolute Gasteiger partial charge is 0.372 e. The number of amides is 1. The van der Waals surface area contributed by atoms with E-state index in [0.29, 0.717) is 5.69 Å². The number of pyridine rings is 1. The van der Waals surface area contributed by atoms with Crippen LogP contribution in [0.5, 0.6) is 0 Å². The summed E-state index contributed by atoms with van der Waals surface area (Å²) in [4.78, 5) is 19.2. The van der Waals surface area contributed by atoms with Crippen LogP contribution in [-0.2, 0) is 0 Å². The summed E-state index contributed by atoms with van der Waals surface area (Å²) in [5, 5.41) is 2.92. The van der Waals surface area contributed by atoms with Gasteiger partial charge < -0.3 is 14.6 Å². The summed E-state index contributed by atoms with van der Waals surface area (Å²) in [5.41, 5.74) is 4.33. The molecule has 2 aromatic heterocycles. The first-order valence-corrected chi connectivity index (χ1v) is 8.31. The molecule has 0 aliphatic carbocycles. The smallest absolute Gasteiger partial charge is 0.275 e. The normalized spacial score (nSPS) is 14.3. The van der Waals surface area contributed by atoms with Gasteiger partial charge >= 0.3 is 0 Å². The van der Waals surface area contributed by atoms with Crippen molar-refractivity contribution >= 4 is 22.9 Å². The number of imidazole rings is 1. The van der Waals surface area contributed by atoms with Gasteiger partial charge in [-0.05, 0) is 61.7 Å². The lowest BCUT2D eigenvalue weighted by Crippen LogP contribution is -2.17. The summed E-state index contributed by atoms with van der Waals surface area (Å²) >= 11 is 0. The molecule has 0 radical (unpaired) electrons. The van der Waals surface area contributed by atoms with Crippen LogP contribution in [0.4, 0.5) is 11.4 Å². The molecule has 1 aromatic carbocycles. The number of aromatic nitrogens is 2. The quantitative estimate of drug-likeness (QED) is 0.803. The maximum atomic E-state index is 12.4. The molecule has 4 rings (SSSR count). The van der Waals surface area contributed by atoms with E-state index in [1.807, 2.05) is 41.8 Å². The molecule has 0 atom stereocenters. The zero-order valence-corrected chi connectivity index (χ0v) is 13.7. The average Bonchev–Trinajstić information content (AvgIpc) is 3.24. The van der Waals surface area contributed by atoms with Crippen LogP contribution in [0.2, 0.25) is 0 Å². The summed E-state index contributed by atoms with van der Waals surface area (Å²) in [5.74, 6) is -0.190. The van der Waals surface area contributed by atoms with Crippen molar-refractivity contribution in [2.45, 2.75) is 19.8 Å². The lowest BCUT2D eigenvalue weighted by molar-refractivity contribution is 0.102. The summed E-state index contributed by atoms with van der Waals surface area (Å²) in [6, 6.07) is 12.0. The number of anilines is 2. The Morgan fingerprint density at radius 3 is 2.62 bits per heavy atom. The van der Waals surface area contributed by atoms with Crippen molar-refractivity contribution in [1.29, 1.82) is 0 Å². The SMILES string of the molecule is Cc1ccn2cc(C(=O)Nc3ccc(N4CCCC4)cc3)nc2c1. The number of carbonyl (C=O) groups is 1. The minimum Gasteiger partial charge on any atom is -0.372 e. The van der Waals surface area contributed by atoms with Crippen LogP contribution in [0.15, 0.2) is 48.8 Å². The second-order valence-electron chi connectivity index (χ2n) is 6.29. The Morgan fingerprint density at radius 1 is 1.12 bits per heavy atom. The van der Waals surface area contributed by atoms with Gasteiger partial charge in [-0.1, -0.05) is 0 Å². The van der Waals surface area contributed by atoms with Crippen molar-refractivity contribution in [1.82, 2.24) is 9.38 Å². The number of aryl methyl sites for hydroxylation is 1. The van der Waals surface area contributed by atoms with Gasteiger partial charge in [0.2, 0.25) is 0 Å². The van der Waals surface area contributed by atoms with Crippen LogP contribution in [0.25, 0.3) is 5.65 Å². The zero-order valence-electron chi connectivity index (χ0n) is 13.7. The Morgan fingerprint density at radius 2 is 1.88 bits per heavy atom. The van der Waals surface area contributed by atoms with E-state index in [2.05, 4.69) is 27.3 Å². The van der Waals surface area contributed by atoms with Gasteiger partial charge in [0.25, 0.3) is 5.91 Å². The van der Waals surface area contributed by atoms with Crippen molar-refractivity contribution in [2.75, 3.05) is 23.3 Å². The number of hydrogen-bond donors (Lipinski definition) is 1. The zero-order chi connectivity index (χ0) is 16.5. The maximum Gasteiger partial charge on any atom is 0.275 e. The van der Waals surface area contributed by atoms with Gasteiger partial charge in [0.05, 0.1) is 0 Å². The third kappa shape index (κ3) is 2.85. The Balaban J connectivity index is 1.50. The Labute approximate surface area is 140 Å². The molecule has 24 heavy (non-hydrogen) atoms. The minimum absolute atomic E-state index is 0.190. The monoisotopic (exact) mass is 320 g/mol. The molecule has 1 fully saturated rings. The molecular weight excluding hydrogens is 300 g/mol. The van der Waals surface area contributed by atoms with Crippen LogP contribution >= 0.6 is 0 Å². The second-order valence-corrected chi connectivity index (χ2v) is 6.29. The summed E-state index contributed by atoms with van der Waals surface area (Å²) < 4.78 is 1.86. The highest BCUT2D eigenvalue weighted by molar-refractivity contribution is 6.03. The predicted molar refractivity (Wildman–Crippen MR) is 95.8 cm³/mol. The van der Waals surface area contributed by atoms with E-state index in [-0.39, 0.29) is 5.91 Å². The number of nitrogens with one attached hydrogen (secondary N) is 1. The van der Waals surface area contributed by atoms with Gasteiger partial charge in [0.15, 0.2) is 0 Å². The molecule has 1 aliphatic heterocycles. The summed E-state index contributed by atoms with van der Waals surface area (Å²) in [6.07, 6.45) is 6.18. The fourth-order valence-electron chi connectivity index (χ4n) is 3.12. The fraction of sp³-hybridized carbons (Fsp3) is 0.263. The van der Waals surface area contributed by atoms with E-state index in [1.165, 1.54) is 18.5 Å². The van der Waals surface area contributed by atoms with Gasteiger partial charge in [-0.2, -0.15) is 0 Å². The van der Waals surface area contributed by atoms with E-state index in [0.717, 1.165) is 30.0 Å². The first-order chi connectivity index (χ1) is 11.7. The number of nitrogens with zero attached hydrogens (tertiary/aromatic N) is 3. The highest BCUT2D eigenvalue weighted by Gasteiger charge is 2.13. The van der Waals surface area contributed by atoms with E-state index in [4.69, 9.17) is 0 Å². The first kappa shape index (κ1) is 14.8. The Kier molecular flexibility index (Phi) is 3.69. The van der Waals surface area contributed by atoms with E-state index in [9.17, 15) is 4.79 Å². The molecule has 0 saturated carbocycles. The minimum atomic E-state index is -0.190. The molecule has 3 heterocycles. The molecule has 122 valence electrons. The van der Waals surface area contributed by atoms with E-state index in [1.54, 1.807) is 6.20 Å². The highest BCUT2D eigenvalue weighted by atomic mass is 16.1. The molecule has 0 bridgehead atoms. The molecule has 0 unspecified atom stereocenters. The Bertz CT molecular complexity index is 876. The maximum absolute atomic E-state index is 12.4. The van der Waals surface area contributed by atoms with Crippen LogP contribution in [0, 0.1) is 6.92 Å². The van der Waals surface area contributed by atoms with Gasteiger partial charge in [-0.25, -0.2) is 4.98 Å². The van der Waals surface area contributed by atoms with Gasteiger partial charge in [-0.3, -0.25) is 4.79 Å². The highest BCUT2D eigenvalue weighted by Crippen LogP contribution is 2.22. The van der Waals surface area contributed by atoms with Crippen molar-refractivity contribution in [2.24, 2.45) is 0 Å². The molecule has 5 nitrogen and oxygen atoms in total. The number of rotatable bonds is 3. The third-order valence-corrected chi connectivity index (χ3v) is 4.44. The fourth-order valence-corrected chi connectivity index (χ4v) is 3.12. The molecule has 1 N–H and O–H groups in total. The predicted octanol–water partition coefficient (Wildman–Crippen LogP) is 3.50. The first-order valence-electron chi connectivity index (χ1n) is 8.31. The van der Waals surface area contributed by atoms with E-state index >= 15 is 0 Å². The van der Waals surface area contributed by atoms with Crippen molar-refractivity contribution in [3.63, 3.8) is 0 Å². The number of carbonyl (C=O) groups excluding carboxylic acids is 1. The molecular formula is C19H20N4O. The lowest BCUT2D eigenvalue weighted by atomic mass is 10.2. The summed E-state index contributed by atoms with van der Waals surface area (Å²) in [6.45, 7) is 4.25. The molecule has 3 aromatic rings. The standard InChI is InChI=1S/C19H20N4O/c1-14-8-11-23-13-17(21-18(23)12-14)19(24)20-15-4-6-16(7-5-15)22-9-2-3-10-22/h4-8,11-13H,2-3,9-10H2,1H3,(H,20,24).